The van der Waals surface area contributed by atoms with Gasteiger partial charge < -0.3 is 14.3 Å². The lowest BCUT2D eigenvalue weighted by atomic mass is 10.2. The maximum Gasteiger partial charge on any atom is 0.371 e. The number of rotatable bonds is 6. The molecule has 17 heavy (non-hydrogen) atoms. The van der Waals surface area contributed by atoms with Gasteiger partial charge >= 0.3 is 11.9 Å². The molecule has 0 fully saturated rings. The average molecular weight is 258 g/mol. The van der Waals surface area contributed by atoms with Crippen LogP contribution in [0.4, 0.5) is 0 Å². The van der Waals surface area contributed by atoms with Gasteiger partial charge in [0, 0.05) is 5.75 Å². The summed E-state index contributed by atoms with van der Waals surface area (Å²) in [4.78, 5) is 21.7. The molecule has 1 unspecified atom stereocenters. The number of hydrogen-bond donors (Lipinski definition) is 1. The molecule has 5 nitrogen and oxygen atoms in total. The second-order valence-electron chi connectivity index (χ2n) is 3.51. The third-order valence-electron chi connectivity index (χ3n) is 2.09. The number of thioether (sulfide) groups is 1. The highest BCUT2D eigenvalue weighted by Gasteiger charge is 2.14. The molecule has 6 heteroatoms. The summed E-state index contributed by atoms with van der Waals surface area (Å²) in [6.07, 6.45) is 0. The number of carboxylic acids is 1. The Bertz CT molecular complexity index is 398. The predicted octanol–water partition coefficient (Wildman–Crippen LogP) is 2.02. The lowest BCUT2D eigenvalue weighted by molar-refractivity contribution is -0.144. The Morgan fingerprint density at radius 1 is 1.53 bits per heavy atom. The van der Waals surface area contributed by atoms with Crippen LogP contribution in [-0.4, -0.2) is 29.9 Å². The van der Waals surface area contributed by atoms with E-state index in [1.165, 1.54) is 24.9 Å². The van der Waals surface area contributed by atoms with Crippen LogP contribution in [-0.2, 0) is 15.3 Å². The Kier molecular flexibility index (Phi) is 5.09. The molecule has 0 aliphatic rings. The number of esters is 1. The van der Waals surface area contributed by atoms with Crippen LogP contribution in [0.2, 0.25) is 0 Å². The fraction of sp³-hybridized carbons (Fsp3) is 0.455. The average Bonchev–Trinajstić information content (AvgIpc) is 2.76. The lowest BCUT2D eigenvalue weighted by Crippen LogP contribution is -2.14. The van der Waals surface area contributed by atoms with E-state index in [1.807, 2.05) is 0 Å². The van der Waals surface area contributed by atoms with E-state index in [2.05, 4.69) is 4.74 Å². The van der Waals surface area contributed by atoms with Crippen molar-refractivity contribution in [3.63, 3.8) is 0 Å². The van der Waals surface area contributed by atoms with Crippen LogP contribution in [0.3, 0.4) is 0 Å². The molecule has 0 bridgehead atoms. The maximum atomic E-state index is 11.1. The molecule has 1 aromatic rings. The monoisotopic (exact) mass is 258 g/mol. The van der Waals surface area contributed by atoms with Crippen molar-refractivity contribution < 1.29 is 23.8 Å². The lowest BCUT2D eigenvalue weighted by Gasteiger charge is -2.07. The topological polar surface area (TPSA) is 76.7 Å². The molecule has 0 saturated carbocycles. The van der Waals surface area contributed by atoms with Crippen LogP contribution in [0.25, 0.3) is 0 Å². The van der Waals surface area contributed by atoms with Crippen LogP contribution in [0.1, 0.15) is 23.2 Å². The highest BCUT2D eigenvalue weighted by Crippen LogP contribution is 2.18. The SMILES string of the molecule is COC(=O)C(C)CSCc1ccc(C(=O)O)o1. The molecule has 1 aromatic heterocycles. The molecule has 0 spiro atoms. The first kappa shape index (κ1) is 13.6. The van der Waals surface area contributed by atoms with E-state index in [9.17, 15) is 9.59 Å². The largest absolute Gasteiger partial charge is 0.475 e. The van der Waals surface area contributed by atoms with E-state index in [-0.39, 0.29) is 17.6 Å². The van der Waals surface area contributed by atoms with E-state index in [4.69, 9.17) is 9.52 Å². The number of ether oxygens (including phenoxy) is 1. The smallest absolute Gasteiger partial charge is 0.371 e. The van der Waals surface area contributed by atoms with Crippen LogP contribution in [0.5, 0.6) is 0 Å². The highest BCUT2D eigenvalue weighted by molar-refractivity contribution is 7.98. The summed E-state index contributed by atoms with van der Waals surface area (Å²) in [7, 11) is 1.36. The Morgan fingerprint density at radius 3 is 2.76 bits per heavy atom. The van der Waals surface area contributed by atoms with Crippen molar-refractivity contribution in [2.24, 2.45) is 5.92 Å². The summed E-state index contributed by atoms with van der Waals surface area (Å²) < 4.78 is 9.67. The Morgan fingerprint density at radius 2 is 2.24 bits per heavy atom. The summed E-state index contributed by atoms with van der Waals surface area (Å²) in [6.45, 7) is 1.78. The van der Waals surface area contributed by atoms with Gasteiger partial charge in [0.2, 0.25) is 5.76 Å². The van der Waals surface area contributed by atoms with Crippen molar-refractivity contribution in [2.75, 3.05) is 12.9 Å². The van der Waals surface area contributed by atoms with Gasteiger partial charge in [-0.15, -0.1) is 0 Å². The molecule has 0 aromatic carbocycles. The van der Waals surface area contributed by atoms with Crippen LogP contribution >= 0.6 is 11.8 Å². The van der Waals surface area contributed by atoms with Gasteiger partial charge in [-0.3, -0.25) is 4.79 Å². The van der Waals surface area contributed by atoms with E-state index in [1.54, 1.807) is 13.0 Å². The molecule has 0 aliphatic carbocycles. The standard InChI is InChI=1S/C11H14O5S/c1-7(11(14)15-2)5-17-6-8-3-4-9(16-8)10(12)13/h3-4,7H,5-6H2,1-2H3,(H,12,13). The zero-order valence-electron chi connectivity index (χ0n) is 9.63. The molecule has 94 valence electrons. The molecule has 1 atom stereocenters. The second kappa shape index (κ2) is 6.34. The summed E-state index contributed by atoms with van der Waals surface area (Å²) in [5.74, 6) is 0.155. The van der Waals surface area contributed by atoms with Crippen LogP contribution < -0.4 is 0 Å². The molecule has 0 radical (unpaired) electrons. The molecule has 1 rings (SSSR count). The molecular formula is C11H14O5S. The van der Waals surface area contributed by atoms with E-state index in [0.29, 0.717) is 17.3 Å². The maximum absolute atomic E-state index is 11.1. The quantitative estimate of drug-likeness (QED) is 0.787. The molecule has 1 N–H and O–H groups in total. The van der Waals surface area contributed by atoms with Gasteiger partial charge in [-0.05, 0) is 12.1 Å². The zero-order valence-corrected chi connectivity index (χ0v) is 10.5. The number of furan rings is 1. The van der Waals surface area contributed by atoms with Gasteiger partial charge in [0.15, 0.2) is 0 Å². The highest BCUT2D eigenvalue weighted by atomic mass is 32.2. The van der Waals surface area contributed by atoms with Crippen molar-refractivity contribution in [1.29, 1.82) is 0 Å². The molecule has 0 aliphatic heterocycles. The number of methoxy groups -OCH3 is 1. The van der Waals surface area contributed by atoms with Crippen molar-refractivity contribution in [3.8, 4) is 0 Å². The van der Waals surface area contributed by atoms with E-state index < -0.39 is 5.97 Å². The van der Waals surface area contributed by atoms with Gasteiger partial charge in [0.1, 0.15) is 5.76 Å². The fourth-order valence-corrected chi connectivity index (χ4v) is 2.14. The third kappa shape index (κ3) is 4.14. The molecule has 1 heterocycles. The van der Waals surface area contributed by atoms with Gasteiger partial charge in [0.25, 0.3) is 0 Å². The minimum Gasteiger partial charge on any atom is -0.475 e. The number of aromatic carboxylic acids is 1. The van der Waals surface area contributed by atoms with Gasteiger partial charge in [-0.25, -0.2) is 4.79 Å². The summed E-state index contributed by atoms with van der Waals surface area (Å²) >= 11 is 1.50. The minimum atomic E-state index is -1.08. The Balaban J connectivity index is 2.35. The van der Waals surface area contributed by atoms with Gasteiger partial charge in [-0.2, -0.15) is 11.8 Å². The number of hydrogen-bond acceptors (Lipinski definition) is 5. The predicted molar refractivity (Wildman–Crippen MR) is 63.0 cm³/mol. The fourth-order valence-electron chi connectivity index (χ4n) is 1.18. The second-order valence-corrected chi connectivity index (χ2v) is 4.54. The summed E-state index contributed by atoms with van der Waals surface area (Å²) in [5, 5.41) is 8.65. The van der Waals surface area contributed by atoms with Crippen molar-refractivity contribution in [1.82, 2.24) is 0 Å². The Hall–Kier alpha value is -1.43. The van der Waals surface area contributed by atoms with E-state index in [0.717, 1.165) is 0 Å². The first-order chi connectivity index (χ1) is 8.04. The van der Waals surface area contributed by atoms with Gasteiger partial charge in [-0.1, -0.05) is 6.92 Å². The van der Waals surface area contributed by atoms with Crippen molar-refractivity contribution >= 4 is 23.7 Å². The molecule has 0 saturated heterocycles. The minimum absolute atomic E-state index is 0.0679. The first-order valence-corrected chi connectivity index (χ1v) is 6.17. The number of carbonyl (C=O) groups is 2. The van der Waals surface area contributed by atoms with Crippen LogP contribution in [0.15, 0.2) is 16.5 Å². The normalized spacial score (nSPS) is 12.1. The van der Waals surface area contributed by atoms with Crippen molar-refractivity contribution in [3.05, 3.63) is 23.7 Å². The zero-order chi connectivity index (χ0) is 12.8. The Labute approximate surface area is 103 Å². The molecular weight excluding hydrogens is 244 g/mol. The van der Waals surface area contributed by atoms with Gasteiger partial charge in [0.05, 0.1) is 18.8 Å². The molecule has 0 amide bonds. The third-order valence-corrected chi connectivity index (χ3v) is 3.31. The van der Waals surface area contributed by atoms with Crippen LogP contribution in [0, 0.1) is 5.92 Å². The summed E-state index contributed by atoms with van der Waals surface area (Å²) in [5.41, 5.74) is 0. The van der Waals surface area contributed by atoms with Crippen molar-refractivity contribution in [2.45, 2.75) is 12.7 Å². The summed E-state index contributed by atoms with van der Waals surface area (Å²) in [6, 6.07) is 3.04. The first-order valence-electron chi connectivity index (χ1n) is 5.02. The van der Waals surface area contributed by atoms with E-state index >= 15 is 0 Å². The number of carbonyl (C=O) groups excluding carboxylic acids is 1. The number of carboxylic acid groups (broad SMARTS) is 1.